The molecule has 2 rings (SSSR count). The zero-order valence-corrected chi connectivity index (χ0v) is 19.9. The molecule has 5 nitrogen and oxygen atoms in total. The first kappa shape index (κ1) is 24.4. The number of ether oxygens (including phenoxy) is 1. The Hall–Kier alpha value is -2.82. The van der Waals surface area contributed by atoms with Gasteiger partial charge in [0.1, 0.15) is 11.8 Å². The summed E-state index contributed by atoms with van der Waals surface area (Å²) in [6, 6.07) is 11.4. The van der Waals surface area contributed by atoms with Gasteiger partial charge in [-0.1, -0.05) is 49.7 Å². The monoisotopic (exact) mass is 424 g/mol. The van der Waals surface area contributed by atoms with Crippen molar-refractivity contribution in [2.24, 2.45) is 5.92 Å². The van der Waals surface area contributed by atoms with Crippen LogP contribution in [-0.4, -0.2) is 35.9 Å². The topological polar surface area (TPSA) is 58.6 Å². The van der Waals surface area contributed by atoms with Crippen LogP contribution in [0.1, 0.15) is 48.6 Å². The van der Waals surface area contributed by atoms with Crippen molar-refractivity contribution in [3.8, 4) is 5.75 Å². The van der Waals surface area contributed by atoms with Crippen LogP contribution in [0.15, 0.2) is 36.4 Å². The molecule has 0 unspecified atom stereocenters. The summed E-state index contributed by atoms with van der Waals surface area (Å²) < 4.78 is 5.90. The average Bonchev–Trinajstić information content (AvgIpc) is 2.72. The van der Waals surface area contributed by atoms with Crippen LogP contribution in [0.4, 0.5) is 0 Å². The molecular formula is C26H36N2O3. The smallest absolute Gasteiger partial charge is 0.261 e. The third-order valence-electron chi connectivity index (χ3n) is 5.44. The molecule has 1 atom stereocenters. The summed E-state index contributed by atoms with van der Waals surface area (Å²) in [5.41, 5.74) is 5.36. The van der Waals surface area contributed by atoms with Crippen molar-refractivity contribution >= 4 is 11.8 Å². The van der Waals surface area contributed by atoms with E-state index in [1.807, 2.05) is 71.9 Å². The largest absolute Gasteiger partial charge is 0.483 e. The molecular weight excluding hydrogens is 388 g/mol. The lowest BCUT2D eigenvalue weighted by atomic mass is 10.1. The van der Waals surface area contributed by atoms with E-state index in [1.54, 1.807) is 11.8 Å². The number of aryl methyl sites for hydroxylation is 3. The molecule has 0 aliphatic carbocycles. The zero-order valence-electron chi connectivity index (χ0n) is 19.9. The van der Waals surface area contributed by atoms with Crippen molar-refractivity contribution in [3.05, 3.63) is 64.2 Å². The summed E-state index contributed by atoms with van der Waals surface area (Å²) >= 11 is 0. The standard InChI is InChI=1S/C26H36N2O3/c1-17(2)14-27-26(30)22(7)28(15-23-10-8-18(3)9-11-23)25(29)16-31-24-13-19(4)12-20(5)21(24)6/h8-13,17,22H,14-16H2,1-7H3,(H,27,30)/t22-/m1/s1. The van der Waals surface area contributed by atoms with Gasteiger partial charge >= 0.3 is 0 Å². The van der Waals surface area contributed by atoms with Crippen molar-refractivity contribution < 1.29 is 14.3 Å². The third kappa shape index (κ3) is 7.12. The molecule has 0 radical (unpaired) electrons. The first-order chi connectivity index (χ1) is 14.6. The predicted octanol–water partition coefficient (Wildman–Crippen LogP) is 4.49. The molecule has 1 N–H and O–H groups in total. The number of benzene rings is 2. The SMILES string of the molecule is Cc1ccc(CN(C(=O)COc2cc(C)cc(C)c2C)[C@H](C)C(=O)NCC(C)C)cc1. The van der Waals surface area contributed by atoms with Gasteiger partial charge in [-0.05, 0) is 68.9 Å². The van der Waals surface area contributed by atoms with E-state index in [0.29, 0.717) is 24.8 Å². The molecule has 0 aromatic heterocycles. The molecule has 0 saturated heterocycles. The van der Waals surface area contributed by atoms with E-state index in [-0.39, 0.29) is 18.4 Å². The minimum Gasteiger partial charge on any atom is -0.483 e. The molecule has 0 saturated carbocycles. The Balaban J connectivity index is 2.18. The second-order valence-corrected chi connectivity index (χ2v) is 8.82. The quantitative estimate of drug-likeness (QED) is 0.645. The minimum atomic E-state index is -0.600. The third-order valence-corrected chi connectivity index (χ3v) is 5.44. The van der Waals surface area contributed by atoms with Gasteiger partial charge in [-0.3, -0.25) is 9.59 Å². The number of carbonyl (C=O) groups excluding carboxylic acids is 2. The Bertz CT molecular complexity index is 904. The van der Waals surface area contributed by atoms with Crippen LogP contribution in [0.25, 0.3) is 0 Å². The van der Waals surface area contributed by atoms with Crippen molar-refractivity contribution in [1.82, 2.24) is 10.2 Å². The molecule has 0 spiro atoms. The summed E-state index contributed by atoms with van der Waals surface area (Å²) in [4.78, 5) is 27.5. The van der Waals surface area contributed by atoms with E-state index >= 15 is 0 Å². The molecule has 2 amide bonds. The van der Waals surface area contributed by atoms with Crippen molar-refractivity contribution in [2.45, 2.75) is 61.1 Å². The Labute approximate surface area is 186 Å². The fourth-order valence-corrected chi connectivity index (χ4v) is 3.30. The van der Waals surface area contributed by atoms with Gasteiger partial charge < -0.3 is 15.0 Å². The van der Waals surface area contributed by atoms with Gasteiger partial charge in [0.15, 0.2) is 6.61 Å². The summed E-state index contributed by atoms with van der Waals surface area (Å²) in [5.74, 6) is 0.675. The lowest BCUT2D eigenvalue weighted by molar-refractivity contribution is -0.142. The Morgan fingerprint density at radius 2 is 1.61 bits per heavy atom. The number of nitrogens with one attached hydrogen (secondary N) is 1. The van der Waals surface area contributed by atoms with Gasteiger partial charge in [-0.15, -0.1) is 0 Å². The first-order valence-electron chi connectivity index (χ1n) is 10.9. The lowest BCUT2D eigenvalue weighted by Gasteiger charge is -2.29. The Morgan fingerprint density at radius 1 is 0.968 bits per heavy atom. The van der Waals surface area contributed by atoms with Crippen LogP contribution in [0, 0.1) is 33.6 Å². The molecule has 0 fully saturated rings. The average molecular weight is 425 g/mol. The van der Waals surface area contributed by atoms with Crippen LogP contribution < -0.4 is 10.1 Å². The van der Waals surface area contributed by atoms with Gasteiger partial charge in [0.05, 0.1) is 0 Å². The van der Waals surface area contributed by atoms with Crippen molar-refractivity contribution in [3.63, 3.8) is 0 Å². The van der Waals surface area contributed by atoms with E-state index in [1.165, 1.54) is 0 Å². The van der Waals surface area contributed by atoms with Crippen LogP contribution in [-0.2, 0) is 16.1 Å². The van der Waals surface area contributed by atoms with E-state index in [0.717, 1.165) is 27.8 Å². The molecule has 2 aromatic rings. The molecule has 5 heteroatoms. The molecule has 0 bridgehead atoms. The highest BCUT2D eigenvalue weighted by atomic mass is 16.5. The number of carbonyl (C=O) groups is 2. The summed E-state index contributed by atoms with van der Waals surface area (Å²) in [7, 11) is 0. The maximum atomic E-state index is 13.2. The minimum absolute atomic E-state index is 0.114. The highest BCUT2D eigenvalue weighted by Crippen LogP contribution is 2.23. The predicted molar refractivity (Wildman–Crippen MR) is 125 cm³/mol. The van der Waals surface area contributed by atoms with Crippen molar-refractivity contribution in [2.75, 3.05) is 13.2 Å². The Morgan fingerprint density at radius 3 is 2.23 bits per heavy atom. The van der Waals surface area contributed by atoms with E-state index in [9.17, 15) is 9.59 Å². The summed E-state index contributed by atoms with van der Waals surface area (Å²) in [6.45, 7) is 14.7. The molecule has 31 heavy (non-hydrogen) atoms. The second-order valence-electron chi connectivity index (χ2n) is 8.82. The van der Waals surface area contributed by atoms with Gasteiger partial charge in [-0.25, -0.2) is 0 Å². The van der Waals surface area contributed by atoms with E-state index in [4.69, 9.17) is 4.74 Å². The number of nitrogens with zero attached hydrogens (tertiary/aromatic N) is 1. The molecule has 2 aromatic carbocycles. The highest BCUT2D eigenvalue weighted by molar-refractivity contribution is 5.88. The molecule has 0 aliphatic heterocycles. The molecule has 0 aliphatic rings. The zero-order chi connectivity index (χ0) is 23.1. The number of hydrogen-bond donors (Lipinski definition) is 1. The maximum Gasteiger partial charge on any atom is 0.261 e. The van der Waals surface area contributed by atoms with Crippen LogP contribution >= 0.6 is 0 Å². The van der Waals surface area contributed by atoms with Crippen LogP contribution in [0.5, 0.6) is 5.75 Å². The number of rotatable bonds is 9. The molecule has 168 valence electrons. The van der Waals surface area contributed by atoms with Crippen LogP contribution in [0.3, 0.4) is 0 Å². The van der Waals surface area contributed by atoms with E-state index in [2.05, 4.69) is 11.4 Å². The summed E-state index contributed by atoms with van der Waals surface area (Å²) in [5, 5.41) is 2.94. The van der Waals surface area contributed by atoms with Crippen molar-refractivity contribution in [1.29, 1.82) is 0 Å². The lowest BCUT2D eigenvalue weighted by Crippen LogP contribution is -2.49. The fourth-order valence-electron chi connectivity index (χ4n) is 3.30. The van der Waals surface area contributed by atoms with Gasteiger partial charge in [0, 0.05) is 13.1 Å². The first-order valence-corrected chi connectivity index (χ1v) is 10.9. The van der Waals surface area contributed by atoms with Crippen LogP contribution in [0.2, 0.25) is 0 Å². The highest BCUT2D eigenvalue weighted by Gasteiger charge is 2.26. The Kier molecular flexibility index (Phi) is 8.66. The molecule has 0 heterocycles. The normalized spacial score (nSPS) is 11.9. The number of amides is 2. The van der Waals surface area contributed by atoms with E-state index < -0.39 is 6.04 Å². The van der Waals surface area contributed by atoms with Gasteiger partial charge in [0.25, 0.3) is 5.91 Å². The fraction of sp³-hybridized carbons (Fsp3) is 0.462. The summed E-state index contributed by atoms with van der Waals surface area (Å²) in [6.07, 6.45) is 0. The second kappa shape index (κ2) is 11.0. The number of hydrogen-bond acceptors (Lipinski definition) is 3. The van der Waals surface area contributed by atoms with Gasteiger partial charge in [0.2, 0.25) is 5.91 Å². The van der Waals surface area contributed by atoms with Gasteiger partial charge in [-0.2, -0.15) is 0 Å². The maximum absolute atomic E-state index is 13.2.